The standard InChI is InChI=1S/C22H24N2O2/c1-15(2)18-9-6-7-11-20(18)23-22(26)14-21-19-10-5-4-8-17(19)12-13-24(21)16(3)25/h4-13,15,21H,14H2,1-3H3,(H,23,26). The third-order valence-electron chi connectivity index (χ3n) is 4.70. The van der Waals surface area contributed by atoms with Crippen LogP contribution in [0.15, 0.2) is 54.7 Å². The smallest absolute Gasteiger partial charge is 0.226 e. The molecule has 0 saturated carbocycles. The predicted molar refractivity (Wildman–Crippen MR) is 105 cm³/mol. The zero-order valence-electron chi connectivity index (χ0n) is 15.4. The van der Waals surface area contributed by atoms with Crippen LogP contribution in [-0.4, -0.2) is 16.7 Å². The Labute approximate surface area is 154 Å². The van der Waals surface area contributed by atoms with E-state index in [2.05, 4.69) is 19.2 Å². The van der Waals surface area contributed by atoms with Gasteiger partial charge < -0.3 is 10.2 Å². The van der Waals surface area contributed by atoms with E-state index in [1.165, 1.54) is 6.92 Å². The highest BCUT2D eigenvalue weighted by atomic mass is 16.2. The summed E-state index contributed by atoms with van der Waals surface area (Å²) in [5.41, 5.74) is 3.98. The minimum absolute atomic E-state index is 0.0730. The second-order valence-electron chi connectivity index (χ2n) is 6.88. The molecule has 1 atom stereocenters. The van der Waals surface area contributed by atoms with Crippen molar-refractivity contribution in [1.82, 2.24) is 4.90 Å². The van der Waals surface area contributed by atoms with E-state index in [0.717, 1.165) is 22.4 Å². The number of nitrogens with one attached hydrogen (secondary N) is 1. The number of hydrogen-bond donors (Lipinski definition) is 1. The van der Waals surface area contributed by atoms with E-state index in [4.69, 9.17) is 0 Å². The monoisotopic (exact) mass is 348 g/mol. The lowest BCUT2D eigenvalue weighted by molar-refractivity contribution is -0.129. The van der Waals surface area contributed by atoms with Crippen LogP contribution < -0.4 is 5.32 Å². The molecule has 3 rings (SSSR count). The molecule has 1 aliphatic rings. The van der Waals surface area contributed by atoms with Crippen molar-refractivity contribution in [1.29, 1.82) is 0 Å². The lowest BCUT2D eigenvalue weighted by Crippen LogP contribution is -2.33. The largest absolute Gasteiger partial charge is 0.326 e. The number of para-hydroxylation sites is 1. The highest BCUT2D eigenvalue weighted by molar-refractivity contribution is 5.93. The summed E-state index contributed by atoms with van der Waals surface area (Å²) >= 11 is 0. The summed E-state index contributed by atoms with van der Waals surface area (Å²) in [5.74, 6) is 0.147. The second-order valence-corrected chi connectivity index (χ2v) is 6.88. The minimum atomic E-state index is -0.292. The maximum Gasteiger partial charge on any atom is 0.226 e. The zero-order valence-corrected chi connectivity index (χ0v) is 15.4. The Kier molecular flexibility index (Phi) is 5.21. The molecule has 1 N–H and O–H groups in total. The lowest BCUT2D eigenvalue weighted by atomic mass is 9.93. The summed E-state index contributed by atoms with van der Waals surface area (Å²) < 4.78 is 0. The van der Waals surface area contributed by atoms with E-state index in [0.29, 0.717) is 5.92 Å². The first-order valence-corrected chi connectivity index (χ1v) is 8.92. The van der Waals surface area contributed by atoms with Crippen molar-refractivity contribution in [3.05, 3.63) is 71.4 Å². The van der Waals surface area contributed by atoms with Gasteiger partial charge in [-0.3, -0.25) is 9.59 Å². The van der Waals surface area contributed by atoms with Crippen LogP contribution in [0, 0.1) is 0 Å². The van der Waals surface area contributed by atoms with Crippen LogP contribution in [0.3, 0.4) is 0 Å². The van der Waals surface area contributed by atoms with Crippen molar-refractivity contribution >= 4 is 23.6 Å². The van der Waals surface area contributed by atoms with Gasteiger partial charge in [0.25, 0.3) is 0 Å². The Morgan fingerprint density at radius 1 is 1.08 bits per heavy atom. The molecule has 0 aliphatic carbocycles. The maximum atomic E-state index is 12.8. The van der Waals surface area contributed by atoms with Gasteiger partial charge in [0.2, 0.25) is 11.8 Å². The number of benzene rings is 2. The summed E-state index contributed by atoms with van der Waals surface area (Å²) in [6, 6.07) is 15.4. The van der Waals surface area contributed by atoms with E-state index in [1.807, 2.05) is 54.6 Å². The third kappa shape index (κ3) is 3.69. The molecule has 26 heavy (non-hydrogen) atoms. The molecular weight excluding hydrogens is 324 g/mol. The molecule has 4 nitrogen and oxygen atoms in total. The molecule has 0 spiro atoms. The summed E-state index contributed by atoms with van der Waals surface area (Å²) in [6.45, 7) is 5.73. The number of carbonyl (C=O) groups excluding carboxylic acids is 2. The molecular formula is C22H24N2O2. The molecule has 0 aromatic heterocycles. The van der Waals surface area contributed by atoms with Gasteiger partial charge in [-0.05, 0) is 34.8 Å². The van der Waals surface area contributed by atoms with Crippen molar-refractivity contribution < 1.29 is 9.59 Å². The predicted octanol–water partition coefficient (Wildman–Crippen LogP) is 4.71. The maximum absolute atomic E-state index is 12.8. The Bertz CT molecular complexity index is 855. The first-order valence-electron chi connectivity index (χ1n) is 8.92. The number of carbonyl (C=O) groups is 2. The summed E-state index contributed by atoms with van der Waals surface area (Å²) in [7, 11) is 0. The number of anilines is 1. The van der Waals surface area contributed by atoms with Gasteiger partial charge in [0, 0.05) is 18.8 Å². The van der Waals surface area contributed by atoms with Crippen LogP contribution in [-0.2, 0) is 9.59 Å². The average Bonchev–Trinajstić information content (AvgIpc) is 2.62. The van der Waals surface area contributed by atoms with E-state index in [9.17, 15) is 9.59 Å². The molecule has 0 radical (unpaired) electrons. The molecule has 2 aromatic rings. The zero-order chi connectivity index (χ0) is 18.7. The van der Waals surface area contributed by atoms with Gasteiger partial charge in [0.15, 0.2) is 0 Å². The molecule has 0 saturated heterocycles. The van der Waals surface area contributed by atoms with Crippen LogP contribution in [0.25, 0.3) is 6.08 Å². The van der Waals surface area contributed by atoms with Crippen LogP contribution in [0.2, 0.25) is 0 Å². The summed E-state index contributed by atoms with van der Waals surface area (Å²) in [6.07, 6.45) is 3.90. The van der Waals surface area contributed by atoms with Crippen LogP contribution >= 0.6 is 0 Å². The average molecular weight is 348 g/mol. The lowest BCUT2D eigenvalue weighted by Gasteiger charge is -2.32. The number of rotatable bonds is 4. The van der Waals surface area contributed by atoms with E-state index >= 15 is 0 Å². The van der Waals surface area contributed by atoms with Crippen molar-refractivity contribution in [3.63, 3.8) is 0 Å². The number of nitrogens with zero attached hydrogens (tertiary/aromatic N) is 1. The molecule has 1 aliphatic heterocycles. The van der Waals surface area contributed by atoms with Crippen LogP contribution in [0.1, 0.15) is 55.8 Å². The Hall–Kier alpha value is -2.88. The number of amides is 2. The van der Waals surface area contributed by atoms with E-state index in [-0.39, 0.29) is 24.3 Å². The summed E-state index contributed by atoms with van der Waals surface area (Å²) in [4.78, 5) is 26.4. The second kappa shape index (κ2) is 7.56. The topological polar surface area (TPSA) is 49.4 Å². The van der Waals surface area contributed by atoms with Crippen molar-refractivity contribution in [3.8, 4) is 0 Å². The fourth-order valence-corrected chi connectivity index (χ4v) is 3.40. The molecule has 134 valence electrons. The van der Waals surface area contributed by atoms with Crippen LogP contribution in [0.4, 0.5) is 5.69 Å². The van der Waals surface area contributed by atoms with E-state index < -0.39 is 0 Å². The van der Waals surface area contributed by atoms with Gasteiger partial charge in [-0.2, -0.15) is 0 Å². The Morgan fingerprint density at radius 2 is 1.77 bits per heavy atom. The summed E-state index contributed by atoms with van der Waals surface area (Å²) in [5, 5.41) is 3.03. The molecule has 0 bridgehead atoms. The molecule has 4 heteroatoms. The van der Waals surface area contributed by atoms with Crippen molar-refractivity contribution in [2.24, 2.45) is 0 Å². The number of hydrogen-bond acceptors (Lipinski definition) is 2. The highest BCUT2D eigenvalue weighted by Gasteiger charge is 2.28. The quantitative estimate of drug-likeness (QED) is 0.870. The minimum Gasteiger partial charge on any atom is -0.326 e. The van der Waals surface area contributed by atoms with Gasteiger partial charge in [-0.25, -0.2) is 0 Å². The third-order valence-corrected chi connectivity index (χ3v) is 4.70. The highest BCUT2D eigenvalue weighted by Crippen LogP contribution is 2.33. The first-order chi connectivity index (χ1) is 12.5. The molecule has 2 amide bonds. The fourth-order valence-electron chi connectivity index (χ4n) is 3.40. The van der Waals surface area contributed by atoms with Crippen LogP contribution in [0.5, 0.6) is 0 Å². The molecule has 0 fully saturated rings. The van der Waals surface area contributed by atoms with Gasteiger partial charge >= 0.3 is 0 Å². The van der Waals surface area contributed by atoms with Gasteiger partial charge in [0.05, 0.1) is 12.5 Å². The van der Waals surface area contributed by atoms with Gasteiger partial charge in [-0.15, -0.1) is 0 Å². The van der Waals surface area contributed by atoms with Gasteiger partial charge in [0.1, 0.15) is 0 Å². The molecule has 1 heterocycles. The Morgan fingerprint density at radius 3 is 2.50 bits per heavy atom. The van der Waals surface area contributed by atoms with Gasteiger partial charge in [-0.1, -0.05) is 56.3 Å². The molecule has 2 aromatic carbocycles. The number of fused-ring (bicyclic) bond motifs is 1. The molecule has 1 unspecified atom stereocenters. The fraction of sp³-hybridized carbons (Fsp3) is 0.273. The van der Waals surface area contributed by atoms with Crippen molar-refractivity contribution in [2.45, 2.75) is 39.2 Å². The Balaban J connectivity index is 1.83. The SMILES string of the molecule is CC(=O)N1C=Cc2ccccc2C1CC(=O)Nc1ccccc1C(C)C. The van der Waals surface area contributed by atoms with Crippen molar-refractivity contribution in [2.75, 3.05) is 5.32 Å². The van der Waals surface area contributed by atoms with E-state index in [1.54, 1.807) is 11.1 Å². The normalized spacial score (nSPS) is 15.7. The first kappa shape index (κ1) is 17.9.